The highest BCUT2D eigenvalue weighted by Gasteiger charge is 2.28. The van der Waals surface area contributed by atoms with Gasteiger partial charge in [0.25, 0.3) is 5.69 Å². The number of carbonyl (C=O) groups is 1. The number of phenols is 1. The van der Waals surface area contributed by atoms with E-state index in [4.69, 9.17) is 4.74 Å². The van der Waals surface area contributed by atoms with E-state index in [1.807, 2.05) is 6.08 Å². The highest BCUT2D eigenvalue weighted by molar-refractivity contribution is 6.13. The maximum Gasteiger partial charge on any atom is 0.270 e. The Morgan fingerprint density at radius 2 is 2.00 bits per heavy atom. The van der Waals surface area contributed by atoms with Crippen LogP contribution in [-0.2, 0) is 6.42 Å². The molecule has 118 valence electrons. The number of fused-ring (bicyclic) bond motifs is 2. The fraction of sp³-hybridized carbons (Fsp3) is 0.0556. The number of ether oxygens (including phenoxy) is 1. The Bertz CT molecular complexity index is 971. The number of hydrogen-bond donors (Lipinski definition) is 1. The zero-order valence-corrected chi connectivity index (χ0v) is 12.4. The van der Waals surface area contributed by atoms with Crippen molar-refractivity contribution in [3.63, 3.8) is 0 Å². The molecular formula is C18H11NO5. The lowest BCUT2D eigenvalue weighted by Crippen LogP contribution is -1.99. The number of carbonyl (C=O) groups excluding carboxylic acids is 1. The molecule has 4 rings (SSSR count). The number of nitro benzene ring substituents is 1. The standard InChI is InChI=1S/C18H11NO5/c20-13-5-6-14-16(9-13)24-17(18(14)21)7-11-2-1-10-3-4-12(19(22)23)8-15(10)11/h2-9,20H,1H2/b17-7-. The molecule has 1 aliphatic heterocycles. The summed E-state index contributed by atoms with van der Waals surface area (Å²) in [5, 5.41) is 20.4. The second kappa shape index (κ2) is 5.06. The van der Waals surface area contributed by atoms with Crippen molar-refractivity contribution in [2.75, 3.05) is 0 Å². The summed E-state index contributed by atoms with van der Waals surface area (Å²) in [6.45, 7) is 0. The number of rotatable bonds is 2. The van der Waals surface area contributed by atoms with E-state index in [0.717, 1.165) is 11.1 Å². The molecule has 1 heterocycles. The minimum Gasteiger partial charge on any atom is -0.508 e. The van der Waals surface area contributed by atoms with Crippen LogP contribution in [0.1, 0.15) is 21.5 Å². The van der Waals surface area contributed by atoms with E-state index < -0.39 is 4.92 Å². The van der Waals surface area contributed by atoms with Gasteiger partial charge in [-0.05, 0) is 41.3 Å². The molecule has 0 spiro atoms. The van der Waals surface area contributed by atoms with E-state index >= 15 is 0 Å². The van der Waals surface area contributed by atoms with Gasteiger partial charge in [-0.25, -0.2) is 0 Å². The van der Waals surface area contributed by atoms with Crippen LogP contribution in [0, 0.1) is 10.1 Å². The summed E-state index contributed by atoms with van der Waals surface area (Å²) in [4.78, 5) is 22.9. The predicted octanol–water partition coefficient (Wildman–Crippen LogP) is 3.40. The van der Waals surface area contributed by atoms with Crippen LogP contribution < -0.4 is 4.74 Å². The number of nitrogens with zero attached hydrogens (tertiary/aromatic N) is 1. The number of phenolic OH excluding ortho intramolecular Hbond substituents is 1. The molecule has 0 radical (unpaired) electrons. The third-order valence-electron chi connectivity index (χ3n) is 4.10. The number of benzene rings is 2. The van der Waals surface area contributed by atoms with Crippen molar-refractivity contribution < 1.29 is 19.6 Å². The lowest BCUT2D eigenvalue weighted by atomic mass is 10.0. The molecular weight excluding hydrogens is 310 g/mol. The zero-order valence-electron chi connectivity index (χ0n) is 12.4. The molecule has 2 aromatic carbocycles. The van der Waals surface area contributed by atoms with Crippen molar-refractivity contribution in [1.29, 1.82) is 0 Å². The van der Waals surface area contributed by atoms with Gasteiger partial charge in [0.2, 0.25) is 5.78 Å². The molecule has 1 N–H and O–H groups in total. The minimum atomic E-state index is -0.445. The summed E-state index contributed by atoms with van der Waals surface area (Å²) < 4.78 is 5.53. The molecule has 0 aromatic heterocycles. The summed E-state index contributed by atoms with van der Waals surface area (Å²) >= 11 is 0. The number of nitro groups is 1. The Hall–Kier alpha value is -3.41. The largest absolute Gasteiger partial charge is 0.508 e. The van der Waals surface area contributed by atoms with Crippen LogP contribution in [0.4, 0.5) is 5.69 Å². The Kier molecular flexibility index (Phi) is 2.99. The van der Waals surface area contributed by atoms with E-state index in [2.05, 4.69) is 0 Å². The number of hydrogen-bond acceptors (Lipinski definition) is 5. The van der Waals surface area contributed by atoms with Gasteiger partial charge in [-0.3, -0.25) is 14.9 Å². The molecule has 0 saturated heterocycles. The second-order valence-corrected chi connectivity index (χ2v) is 5.58. The van der Waals surface area contributed by atoms with Crippen LogP contribution in [0.3, 0.4) is 0 Å². The molecule has 2 aliphatic rings. The van der Waals surface area contributed by atoms with Gasteiger partial charge in [0.1, 0.15) is 11.5 Å². The molecule has 2 aromatic rings. The number of ketones is 1. The average Bonchev–Trinajstić information content (AvgIpc) is 3.09. The number of aromatic hydroxyl groups is 1. The zero-order chi connectivity index (χ0) is 16.8. The Morgan fingerprint density at radius 1 is 1.17 bits per heavy atom. The highest BCUT2D eigenvalue weighted by Crippen LogP contribution is 2.37. The predicted molar refractivity (Wildman–Crippen MR) is 85.9 cm³/mol. The van der Waals surface area contributed by atoms with Crippen molar-refractivity contribution in [1.82, 2.24) is 0 Å². The van der Waals surface area contributed by atoms with Crippen LogP contribution >= 0.6 is 0 Å². The van der Waals surface area contributed by atoms with Gasteiger partial charge in [0.15, 0.2) is 5.76 Å². The lowest BCUT2D eigenvalue weighted by molar-refractivity contribution is -0.384. The summed E-state index contributed by atoms with van der Waals surface area (Å²) in [5.74, 6) is 0.193. The number of Topliss-reactive ketones (excluding diaryl/α,β-unsaturated/α-hetero) is 1. The Balaban J connectivity index is 1.71. The average molecular weight is 321 g/mol. The molecule has 0 unspecified atom stereocenters. The van der Waals surface area contributed by atoms with Crippen LogP contribution in [0.15, 0.2) is 54.3 Å². The fourth-order valence-corrected chi connectivity index (χ4v) is 2.91. The van der Waals surface area contributed by atoms with Crippen molar-refractivity contribution in [3.8, 4) is 11.5 Å². The highest BCUT2D eigenvalue weighted by atomic mass is 16.6. The fourth-order valence-electron chi connectivity index (χ4n) is 2.91. The van der Waals surface area contributed by atoms with E-state index in [1.165, 1.54) is 30.3 Å². The SMILES string of the molecule is O=C1/C(=C/C2=CCc3ccc([N+](=O)[O-])cc32)Oc2cc(O)ccc21. The first-order chi connectivity index (χ1) is 11.5. The van der Waals surface area contributed by atoms with Gasteiger partial charge < -0.3 is 9.84 Å². The topological polar surface area (TPSA) is 89.7 Å². The molecule has 1 aliphatic carbocycles. The number of allylic oxidation sites excluding steroid dienone is 4. The molecule has 6 heteroatoms. The molecule has 0 atom stereocenters. The van der Waals surface area contributed by atoms with Crippen molar-refractivity contribution in [2.45, 2.75) is 6.42 Å². The minimum absolute atomic E-state index is 0.00632. The molecule has 0 fully saturated rings. The molecule has 0 saturated carbocycles. The molecule has 0 amide bonds. The van der Waals surface area contributed by atoms with Crippen molar-refractivity contribution >= 4 is 17.0 Å². The first kappa shape index (κ1) is 14.2. The Morgan fingerprint density at radius 3 is 2.79 bits per heavy atom. The van der Waals surface area contributed by atoms with E-state index in [0.29, 0.717) is 23.3 Å². The van der Waals surface area contributed by atoms with Crippen molar-refractivity contribution in [3.05, 3.63) is 81.1 Å². The van der Waals surface area contributed by atoms with Gasteiger partial charge in [-0.2, -0.15) is 0 Å². The third kappa shape index (κ3) is 2.16. The van der Waals surface area contributed by atoms with E-state index in [-0.39, 0.29) is 23.0 Å². The maximum atomic E-state index is 12.4. The van der Waals surface area contributed by atoms with Gasteiger partial charge >= 0.3 is 0 Å². The van der Waals surface area contributed by atoms with Crippen LogP contribution in [-0.4, -0.2) is 15.8 Å². The summed E-state index contributed by atoms with van der Waals surface area (Å²) in [5.41, 5.74) is 2.80. The normalized spacial score (nSPS) is 16.6. The van der Waals surface area contributed by atoms with Crippen LogP contribution in [0.2, 0.25) is 0 Å². The van der Waals surface area contributed by atoms with Gasteiger partial charge in [-0.15, -0.1) is 0 Å². The maximum absolute atomic E-state index is 12.4. The molecule has 0 bridgehead atoms. The second-order valence-electron chi connectivity index (χ2n) is 5.58. The van der Waals surface area contributed by atoms with E-state index in [9.17, 15) is 20.0 Å². The monoisotopic (exact) mass is 321 g/mol. The number of non-ortho nitro benzene ring substituents is 1. The summed E-state index contributed by atoms with van der Waals surface area (Å²) in [7, 11) is 0. The van der Waals surface area contributed by atoms with Gasteiger partial charge in [-0.1, -0.05) is 12.1 Å². The lowest BCUT2D eigenvalue weighted by Gasteiger charge is -2.03. The van der Waals surface area contributed by atoms with Gasteiger partial charge in [0.05, 0.1) is 10.5 Å². The summed E-state index contributed by atoms with van der Waals surface area (Å²) in [6, 6.07) is 9.02. The van der Waals surface area contributed by atoms with Crippen LogP contribution in [0.25, 0.3) is 5.57 Å². The van der Waals surface area contributed by atoms with E-state index in [1.54, 1.807) is 12.1 Å². The third-order valence-corrected chi connectivity index (χ3v) is 4.10. The first-order valence-electron chi connectivity index (χ1n) is 7.28. The summed E-state index contributed by atoms with van der Waals surface area (Å²) in [6.07, 6.45) is 4.14. The van der Waals surface area contributed by atoms with Gasteiger partial charge in [0, 0.05) is 18.2 Å². The van der Waals surface area contributed by atoms with Crippen LogP contribution in [0.5, 0.6) is 11.5 Å². The molecule has 6 nitrogen and oxygen atoms in total. The van der Waals surface area contributed by atoms with Crippen molar-refractivity contribution in [2.24, 2.45) is 0 Å². The first-order valence-corrected chi connectivity index (χ1v) is 7.28. The smallest absolute Gasteiger partial charge is 0.270 e. The quantitative estimate of drug-likeness (QED) is 0.520. The molecule has 24 heavy (non-hydrogen) atoms. The Labute approximate surface area is 136 Å².